The highest BCUT2D eigenvalue weighted by Gasteiger charge is 2.30. The van der Waals surface area contributed by atoms with Crippen molar-refractivity contribution in [3.05, 3.63) is 29.6 Å². The van der Waals surface area contributed by atoms with Gasteiger partial charge in [-0.2, -0.15) is 0 Å². The molecule has 4 nitrogen and oxygen atoms in total. The van der Waals surface area contributed by atoms with E-state index in [9.17, 15) is 14.3 Å². The van der Waals surface area contributed by atoms with E-state index < -0.39 is 11.7 Å². The number of amides is 1. The molecule has 0 spiro atoms. The number of hydrogen-bond acceptors (Lipinski definition) is 3. The Bertz CT molecular complexity index is 488. The lowest BCUT2D eigenvalue weighted by molar-refractivity contribution is -0.0615. The number of benzene rings is 1. The highest BCUT2D eigenvalue weighted by Crippen LogP contribution is 2.25. The second-order valence-electron chi connectivity index (χ2n) is 5.43. The molecule has 1 aromatic carbocycles. The number of carbonyl (C=O) groups is 1. The Morgan fingerprint density at radius 1 is 1.53 bits per heavy atom. The smallest absolute Gasteiger partial charge is 0.255 e. The summed E-state index contributed by atoms with van der Waals surface area (Å²) in [5, 5.41) is 12.4. The zero-order valence-corrected chi connectivity index (χ0v) is 11.1. The van der Waals surface area contributed by atoms with Gasteiger partial charge in [-0.3, -0.25) is 4.79 Å². The van der Waals surface area contributed by atoms with Crippen LogP contribution in [0.1, 0.15) is 37.0 Å². The van der Waals surface area contributed by atoms with Gasteiger partial charge in [-0.1, -0.05) is 0 Å². The summed E-state index contributed by atoms with van der Waals surface area (Å²) in [6.07, 6.45) is 1.40. The van der Waals surface area contributed by atoms with Crippen molar-refractivity contribution in [3.63, 3.8) is 0 Å². The summed E-state index contributed by atoms with van der Waals surface area (Å²) < 4.78 is 18.7. The minimum absolute atomic E-state index is 0.0288. The van der Waals surface area contributed by atoms with Crippen LogP contribution < -0.4 is 5.32 Å². The number of carbonyl (C=O) groups excluding carboxylic acids is 1. The maximum atomic E-state index is 13.1. The Balaban J connectivity index is 2.06. The van der Waals surface area contributed by atoms with Crippen LogP contribution in [0.15, 0.2) is 18.2 Å². The minimum Gasteiger partial charge on any atom is -0.507 e. The van der Waals surface area contributed by atoms with Gasteiger partial charge in [0.1, 0.15) is 11.6 Å². The van der Waals surface area contributed by atoms with Crippen LogP contribution in [0.4, 0.5) is 4.39 Å². The zero-order valence-electron chi connectivity index (χ0n) is 11.1. The first-order valence-electron chi connectivity index (χ1n) is 6.31. The zero-order chi connectivity index (χ0) is 14.0. The molecule has 1 saturated heterocycles. The van der Waals surface area contributed by atoms with Gasteiger partial charge < -0.3 is 15.2 Å². The van der Waals surface area contributed by atoms with E-state index in [1.54, 1.807) is 0 Å². The molecule has 104 valence electrons. The molecule has 0 aromatic heterocycles. The molecule has 1 aromatic rings. The third-order valence-electron chi connectivity index (χ3n) is 3.24. The summed E-state index contributed by atoms with van der Waals surface area (Å²) in [6.45, 7) is 4.50. The number of aromatic hydroxyl groups is 1. The van der Waals surface area contributed by atoms with Crippen molar-refractivity contribution >= 4 is 5.91 Å². The van der Waals surface area contributed by atoms with Crippen LogP contribution in [-0.2, 0) is 4.74 Å². The van der Waals surface area contributed by atoms with E-state index in [-0.39, 0.29) is 23.0 Å². The lowest BCUT2D eigenvalue weighted by atomic mass is 9.93. The van der Waals surface area contributed by atoms with Crippen LogP contribution in [0.25, 0.3) is 0 Å². The molecule has 1 unspecified atom stereocenters. The van der Waals surface area contributed by atoms with E-state index in [2.05, 4.69) is 5.32 Å². The summed E-state index contributed by atoms with van der Waals surface area (Å²) >= 11 is 0. The number of rotatable bonds is 2. The molecule has 0 saturated carbocycles. The fourth-order valence-electron chi connectivity index (χ4n) is 2.31. The Morgan fingerprint density at radius 2 is 2.26 bits per heavy atom. The average Bonchev–Trinajstić information content (AvgIpc) is 2.31. The first-order valence-corrected chi connectivity index (χ1v) is 6.31. The number of phenolic OH excluding ortho intramolecular Hbond substituents is 1. The Labute approximate surface area is 111 Å². The fraction of sp³-hybridized carbons (Fsp3) is 0.500. The first kappa shape index (κ1) is 13.8. The quantitative estimate of drug-likeness (QED) is 0.863. The molecule has 1 heterocycles. The highest BCUT2D eigenvalue weighted by molar-refractivity contribution is 5.96. The summed E-state index contributed by atoms with van der Waals surface area (Å²) in [5.74, 6) is -1.22. The second-order valence-corrected chi connectivity index (χ2v) is 5.43. The van der Waals surface area contributed by atoms with E-state index in [1.807, 2.05) is 13.8 Å². The largest absolute Gasteiger partial charge is 0.507 e. The Hall–Kier alpha value is -1.62. The van der Waals surface area contributed by atoms with E-state index in [0.29, 0.717) is 19.4 Å². The van der Waals surface area contributed by atoms with Crippen molar-refractivity contribution in [1.29, 1.82) is 0 Å². The monoisotopic (exact) mass is 267 g/mol. The number of hydrogen-bond donors (Lipinski definition) is 2. The van der Waals surface area contributed by atoms with Crippen LogP contribution in [0.5, 0.6) is 5.75 Å². The van der Waals surface area contributed by atoms with Crippen molar-refractivity contribution in [2.45, 2.75) is 38.3 Å². The van der Waals surface area contributed by atoms with Crippen molar-refractivity contribution in [2.24, 2.45) is 0 Å². The first-order chi connectivity index (χ1) is 8.87. The van der Waals surface area contributed by atoms with Gasteiger partial charge in [0.25, 0.3) is 5.91 Å². The van der Waals surface area contributed by atoms with Crippen molar-refractivity contribution in [3.8, 4) is 5.75 Å². The van der Waals surface area contributed by atoms with Gasteiger partial charge in [0.15, 0.2) is 0 Å². The molecule has 1 fully saturated rings. The topological polar surface area (TPSA) is 58.6 Å². The lowest BCUT2D eigenvalue weighted by Crippen LogP contribution is -2.45. The Morgan fingerprint density at radius 3 is 2.95 bits per heavy atom. The van der Waals surface area contributed by atoms with Gasteiger partial charge in [-0.25, -0.2) is 4.39 Å². The van der Waals surface area contributed by atoms with E-state index >= 15 is 0 Å². The van der Waals surface area contributed by atoms with Crippen molar-refractivity contribution < 1.29 is 19.0 Å². The van der Waals surface area contributed by atoms with Crippen LogP contribution in [0.3, 0.4) is 0 Å². The van der Waals surface area contributed by atoms with Crippen LogP contribution in [-0.4, -0.2) is 29.3 Å². The van der Waals surface area contributed by atoms with E-state index in [4.69, 9.17) is 4.74 Å². The predicted molar refractivity (Wildman–Crippen MR) is 68.6 cm³/mol. The number of phenols is 1. The molecular formula is C14H18FNO3. The van der Waals surface area contributed by atoms with Gasteiger partial charge in [0, 0.05) is 12.6 Å². The average molecular weight is 267 g/mol. The summed E-state index contributed by atoms with van der Waals surface area (Å²) in [4.78, 5) is 12.0. The SMILES string of the molecule is CC1(C)CC(NC(=O)c2cc(F)ccc2O)CCO1. The maximum absolute atomic E-state index is 13.1. The van der Waals surface area contributed by atoms with Gasteiger partial charge in [0.2, 0.25) is 0 Å². The number of ether oxygens (including phenoxy) is 1. The van der Waals surface area contributed by atoms with Crippen molar-refractivity contribution in [2.75, 3.05) is 6.61 Å². The van der Waals surface area contributed by atoms with Gasteiger partial charge in [-0.15, -0.1) is 0 Å². The molecule has 1 atom stereocenters. The highest BCUT2D eigenvalue weighted by atomic mass is 19.1. The lowest BCUT2D eigenvalue weighted by Gasteiger charge is -2.35. The molecule has 1 amide bonds. The predicted octanol–water partition coefficient (Wildman–Crippen LogP) is 2.22. The molecule has 2 rings (SSSR count). The summed E-state index contributed by atoms with van der Waals surface area (Å²) in [7, 11) is 0. The maximum Gasteiger partial charge on any atom is 0.255 e. The molecule has 1 aliphatic heterocycles. The number of halogens is 1. The van der Waals surface area contributed by atoms with Crippen molar-refractivity contribution in [1.82, 2.24) is 5.32 Å². The summed E-state index contributed by atoms with van der Waals surface area (Å²) in [5.41, 5.74) is -0.315. The normalized spacial score (nSPS) is 21.9. The molecule has 5 heteroatoms. The van der Waals surface area contributed by atoms with Gasteiger partial charge >= 0.3 is 0 Å². The van der Waals surface area contributed by atoms with Crippen LogP contribution >= 0.6 is 0 Å². The van der Waals surface area contributed by atoms with E-state index in [0.717, 1.165) is 12.1 Å². The fourth-order valence-corrected chi connectivity index (χ4v) is 2.31. The minimum atomic E-state index is -0.546. The molecule has 2 N–H and O–H groups in total. The second kappa shape index (κ2) is 5.17. The van der Waals surface area contributed by atoms with Crippen LogP contribution in [0.2, 0.25) is 0 Å². The molecule has 0 aliphatic carbocycles. The Kier molecular flexibility index (Phi) is 3.75. The molecular weight excluding hydrogens is 249 g/mol. The third kappa shape index (κ3) is 3.44. The summed E-state index contributed by atoms with van der Waals surface area (Å²) in [6, 6.07) is 3.30. The molecule has 0 radical (unpaired) electrons. The standard InChI is InChI=1S/C14H18FNO3/c1-14(2)8-10(5-6-19-14)16-13(18)11-7-9(15)3-4-12(11)17/h3-4,7,10,17H,5-6,8H2,1-2H3,(H,16,18). The molecule has 0 bridgehead atoms. The third-order valence-corrected chi connectivity index (χ3v) is 3.24. The van der Waals surface area contributed by atoms with Crippen LogP contribution in [0, 0.1) is 5.82 Å². The molecule has 1 aliphatic rings. The van der Waals surface area contributed by atoms with Gasteiger partial charge in [-0.05, 0) is 44.9 Å². The van der Waals surface area contributed by atoms with E-state index in [1.165, 1.54) is 6.07 Å². The van der Waals surface area contributed by atoms with Gasteiger partial charge in [0.05, 0.1) is 11.2 Å². The molecule has 19 heavy (non-hydrogen) atoms. The number of nitrogens with one attached hydrogen (secondary N) is 1.